The van der Waals surface area contributed by atoms with Crippen molar-refractivity contribution in [2.24, 2.45) is 0 Å². The van der Waals surface area contributed by atoms with Crippen molar-refractivity contribution in [1.82, 2.24) is 4.31 Å². The first-order valence-electron chi connectivity index (χ1n) is 6.34. The summed E-state index contributed by atoms with van der Waals surface area (Å²) in [5.41, 5.74) is 1.07. The van der Waals surface area contributed by atoms with Gasteiger partial charge in [-0.25, -0.2) is 4.31 Å². The van der Waals surface area contributed by atoms with Gasteiger partial charge in [0.1, 0.15) is 5.75 Å². The number of hydrogen-bond donors (Lipinski definition) is 0. The highest BCUT2D eigenvalue weighted by atomic mass is 35.7. The van der Waals surface area contributed by atoms with Crippen molar-refractivity contribution in [3.05, 3.63) is 29.3 Å². The number of carbonyl (C=O) groups is 1. The molecule has 3 rings (SSSR count). The lowest BCUT2D eigenvalue weighted by Gasteiger charge is -2.52. The fourth-order valence-electron chi connectivity index (χ4n) is 3.31. The topological polar surface area (TPSA) is 63.7 Å². The van der Waals surface area contributed by atoms with Gasteiger partial charge in [0, 0.05) is 10.7 Å². The fraction of sp³-hybridized carbons (Fsp3) is 0.462. The Balaban J connectivity index is 2.16. The molecule has 7 heteroatoms. The molecule has 0 aromatic heterocycles. The number of fused-ring (bicyclic) bond motifs is 2. The van der Waals surface area contributed by atoms with Crippen LogP contribution in [0.3, 0.4) is 0 Å². The van der Waals surface area contributed by atoms with Gasteiger partial charge in [0.25, 0.3) is 0 Å². The summed E-state index contributed by atoms with van der Waals surface area (Å²) >= 11 is 0. The van der Waals surface area contributed by atoms with E-state index in [1.54, 1.807) is 7.11 Å². The number of hydrogen-bond acceptors (Lipinski definition) is 4. The summed E-state index contributed by atoms with van der Waals surface area (Å²) in [6, 6.07) is 5.59. The predicted molar refractivity (Wildman–Crippen MR) is 73.8 cm³/mol. The monoisotopic (exact) mass is 315 g/mol. The van der Waals surface area contributed by atoms with Crippen LogP contribution in [0.15, 0.2) is 18.2 Å². The van der Waals surface area contributed by atoms with Crippen LogP contribution in [0.25, 0.3) is 0 Å². The van der Waals surface area contributed by atoms with Gasteiger partial charge in [-0.15, -0.1) is 0 Å². The van der Waals surface area contributed by atoms with E-state index in [2.05, 4.69) is 0 Å². The number of ether oxygens (including phenoxy) is 1. The van der Waals surface area contributed by atoms with Crippen LogP contribution in [0.2, 0.25) is 0 Å². The molecule has 1 aliphatic carbocycles. The highest BCUT2D eigenvalue weighted by Gasteiger charge is 2.58. The van der Waals surface area contributed by atoms with Gasteiger partial charge in [0.05, 0.1) is 19.1 Å². The zero-order valence-corrected chi connectivity index (χ0v) is 12.5. The van der Waals surface area contributed by atoms with Crippen LogP contribution < -0.4 is 4.74 Å². The summed E-state index contributed by atoms with van der Waals surface area (Å²) in [6.07, 6.45) is 2.48. The standard InChI is InChI=1S/C13H14ClNO4S/c1-19-10-5-4-9-3-2-6-13(11(9)7-10)8-12(16)15(13)20(14,17)18/h4-5,7H,2-3,6,8H2,1H3. The lowest BCUT2D eigenvalue weighted by molar-refractivity contribution is -0.147. The summed E-state index contributed by atoms with van der Waals surface area (Å²) in [5.74, 6) is 0.201. The van der Waals surface area contributed by atoms with Gasteiger partial charge < -0.3 is 4.74 Å². The summed E-state index contributed by atoms with van der Waals surface area (Å²) in [4.78, 5) is 11.7. The maximum Gasteiger partial charge on any atom is 0.324 e. The minimum absolute atomic E-state index is 0.180. The number of methoxy groups -OCH3 is 1. The van der Waals surface area contributed by atoms with Crippen LogP contribution in [-0.2, 0) is 26.0 Å². The van der Waals surface area contributed by atoms with Gasteiger partial charge in [-0.2, -0.15) is 8.42 Å². The van der Waals surface area contributed by atoms with Gasteiger partial charge in [-0.3, -0.25) is 4.79 Å². The molecule has 1 aromatic carbocycles. The van der Waals surface area contributed by atoms with Crippen molar-refractivity contribution in [3.63, 3.8) is 0 Å². The molecule has 1 heterocycles. The first-order valence-corrected chi connectivity index (χ1v) is 8.60. The molecule has 1 fully saturated rings. The SMILES string of the molecule is COc1ccc2c(c1)C1(CCC2)CC(=O)N1S(=O)(=O)Cl. The average Bonchev–Trinajstić information content (AvgIpc) is 2.35. The predicted octanol–water partition coefficient (Wildman–Crippen LogP) is 1.94. The Morgan fingerprint density at radius 2 is 2.15 bits per heavy atom. The van der Waals surface area contributed by atoms with Crippen LogP contribution in [0.4, 0.5) is 0 Å². The molecule has 0 saturated carbocycles. The highest BCUT2D eigenvalue weighted by Crippen LogP contribution is 2.52. The third kappa shape index (κ3) is 1.82. The third-order valence-corrected chi connectivity index (χ3v) is 5.54. The molecule has 2 aliphatic rings. The zero-order chi connectivity index (χ0) is 14.5. The van der Waals surface area contributed by atoms with E-state index in [0.717, 1.165) is 28.3 Å². The minimum Gasteiger partial charge on any atom is -0.497 e. The summed E-state index contributed by atoms with van der Waals surface area (Å²) in [5, 5.41) is 0. The largest absolute Gasteiger partial charge is 0.497 e. The maximum absolute atomic E-state index is 11.7. The van der Waals surface area contributed by atoms with Gasteiger partial charge in [0.15, 0.2) is 0 Å². The second-order valence-electron chi connectivity index (χ2n) is 5.19. The fourth-order valence-corrected chi connectivity index (χ4v) is 4.91. The van der Waals surface area contributed by atoms with E-state index in [-0.39, 0.29) is 6.42 Å². The maximum atomic E-state index is 11.7. The Morgan fingerprint density at radius 3 is 2.75 bits per heavy atom. The quantitative estimate of drug-likeness (QED) is 0.618. The van der Waals surface area contributed by atoms with E-state index in [1.807, 2.05) is 18.2 Å². The van der Waals surface area contributed by atoms with Crippen molar-refractivity contribution in [2.75, 3.05) is 7.11 Å². The van der Waals surface area contributed by atoms with Crippen molar-refractivity contribution >= 4 is 25.8 Å². The number of rotatable bonds is 2. The number of amides is 1. The second kappa shape index (κ2) is 4.36. The van der Waals surface area contributed by atoms with Crippen LogP contribution >= 0.6 is 10.7 Å². The second-order valence-corrected chi connectivity index (χ2v) is 7.54. The highest BCUT2D eigenvalue weighted by molar-refractivity contribution is 8.12. The van der Waals surface area contributed by atoms with Crippen molar-refractivity contribution in [3.8, 4) is 5.75 Å². The molecular weight excluding hydrogens is 302 g/mol. The van der Waals surface area contributed by atoms with Crippen molar-refractivity contribution in [1.29, 1.82) is 0 Å². The molecule has 0 radical (unpaired) electrons. The molecule has 1 amide bonds. The molecule has 1 saturated heterocycles. The molecule has 1 atom stereocenters. The first-order chi connectivity index (χ1) is 9.38. The lowest BCUT2D eigenvalue weighted by atomic mass is 9.70. The number of benzene rings is 1. The molecule has 5 nitrogen and oxygen atoms in total. The molecule has 108 valence electrons. The number of halogens is 1. The van der Waals surface area contributed by atoms with Gasteiger partial charge in [-0.1, -0.05) is 6.07 Å². The van der Waals surface area contributed by atoms with E-state index < -0.39 is 20.7 Å². The Bertz CT molecular complexity index is 688. The van der Waals surface area contributed by atoms with E-state index in [9.17, 15) is 13.2 Å². The molecule has 1 aromatic rings. The Morgan fingerprint density at radius 1 is 1.40 bits per heavy atom. The molecule has 1 unspecified atom stereocenters. The van der Waals surface area contributed by atoms with Crippen LogP contribution in [-0.4, -0.2) is 25.7 Å². The summed E-state index contributed by atoms with van der Waals surface area (Å²) < 4.78 is 29.4. The summed E-state index contributed by atoms with van der Waals surface area (Å²) in [7, 11) is 2.92. The Kier molecular flexibility index (Phi) is 2.99. The van der Waals surface area contributed by atoms with Crippen molar-refractivity contribution in [2.45, 2.75) is 31.2 Å². The summed E-state index contributed by atoms with van der Waals surface area (Å²) in [6.45, 7) is 0. The molecule has 20 heavy (non-hydrogen) atoms. The molecule has 0 bridgehead atoms. The van der Waals surface area contributed by atoms with Crippen LogP contribution in [0.1, 0.15) is 30.4 Å². The Labute approximate surface area is 122 Å². The van der Waals surface area contributed by atoms with E-state index in [1.165, 1.54) is 0 Å². The molecule has 1 spiro atoms. The normalized spacial score (nSPS) is 25.3. The molecule has 1 aliphatic heterocycles. The van der Waals surface area contributed by atoms with Crippen molar-refractivity contribution < 1.29 is 17.9 Å². The number of carbonyl (C=O) groups excluding carboxylic acids is 1. The van der Waals surface area contributed by atoms with E-state index >= 15 is 0 Å². The minimum atomic E-state index is -4.07. The van der Waals surface area contributed by atoms with Crippen LogP contribution in [0.5, 0.6) is 5.75 Å². The molecular formula is C13H14ClNO4S. The van der Waals surface area contributed by atoms with Crippen LogP contribution in [0, 0.1) is 0 Å². The number of nitrogens with zero attached hydrogens (tertiary/aromatic N) is 1. The molecule has 0 N–H and O–H groups in total. The number of β-lactam (4-membered cyclic amide) rings is 1. The number of aryl methyl sites for hydroxylation is 1. The van der Waals surface area contributed by atoms with Gasteiger partial charge in [0.2, 0.25) is 5.91 Å². The van der Waals surface area contributed by atoms with E-state index in [4.69, 9.17) is 15.4 Å². The van der Waals surface area contributed by atoms with Gasteiger partial charge in [-0.05, 0) is 42.5 Å². The Hall–Kier alpha value is -1.27. The van der Waals surface area contributed by atoms with E-state index in [0.29, 0.717) is 12.2 Å². The third-order valence-electron chi connectivity index (χ3n) is 4.13. The zero-order valence-electron chi connectivity index (χ0n) is 10.9. The smallest absolute Gasteiger partial charge is 0.324 e. The average molecular weight is 316 g/mol. The first kappa shape index (κ1) is 13.7. The lowest BCUT2D eigenvalue weighted by Crippen LogP contribution is -2.63. The van der Waals surface area contributed by atoms with Gasteiger partial charge >= 0.3 is 9.24 Å².